The summed E-state index contributed by atoms with van der Waals surface area (Å²) in [6, 6.07) is 0. The second kappa shape index (κ2) is 52.9. The number of ether oxygens (including phenoxy) is 3. The van der Waals surface area contributed by atoms with Gasteiger partial charge in [-0.1, -0.05) is 229 Å². The normalized spacial score (nSPS) is 12.6. The SMILES string of the molecule is CC/C=C\C/C=C\C/C=C\CCCCCCCC(=O)OC[C@@H](COCCCCCCCCCCCCCCCCCC)OC(=O)CCCCCCC/C=C\C/C=C\CCCCC. The van der Waals surface area contributed by atoms with Crippen molar-refractivity contribution in [3.8, 4) is 0 Å². The van der Waals surface area contributed by atoms with Crippen LogP contribution in [-0.2, 0) is 23.8 Å². The first-order chi connectivity index (χ1) is 30.6. The summed E-state index contributed by atoms with van der Waals surface area (Å²) >= 11 is 0. The summed E-state index contributed by atoms with van der Waals surface area (Å²) in [4.78, 5) is 25.4. The molecule has 0 saturated carbocycles. The molecule has 0 spiro atoms. The molecule has 0 aromatic carbocycles. The van der Waals surface area contributed by atoms with Gasteiger partial charge in [-0.3, -0.25) is 9.59 Å². The van der Waals surface area contributed by atoms with Gasteiger partial charge in [-0.15, -0.1) is 0 Å². The lowest BCUT2D eigenvalue weighted by molar-refractivity contribution is -0.163. The van der Waals surface area contributed by atoms with Crippen molar-refractivity contribution in [2.45, 2.75) is 271 Å². The van der Waals surface area contributed by atoms with Crippen molar-refractivity contribution in [2.24, 2.45) is 0 Å². The fourth-order valence-electron chi connectivity index (χ4n) is 7.56. The van der Waals surface area contributed by atoms with Gasteiger partial charge in [-0.2, -0.15) is 0 Å². The molecule has 5 nitrogen and oxygen atoms in total. The van der Waals surface area contributed by atoms with Gasteiger partial charge in [0, 0.05) is 19.4 Å². The number of carbonyl (C=O) groups excluding carboxylic acids is 2. The Morgan fingerprint density at radius 1 is 0.371 bits per heavy atom. The van der Waals surface area contributed by atoms with Crippen molar-refractivity contribution in [3.63, 3.8) is 0 Å². The lowest BCUT2D eigenvalue weighted by atomic mass is 10.0. The molecule has 0 fully saturated rings. The van der Waals surface area contributed by atoms with E-state index in [0.717, 1.165) is 89.9 Å². The molecule has 0 saturated heterocycles. The third-order valence-corrected chi connectivity index (χ3v) is 11.5. The lowest BCUT2D eigenvalue weighted by Crippen LogP contribution is -2.30. The highest BCUT2D eigenvalue weighted by Gasteiger charge is 2.17. The first kappa shape index (κ1) is 59.6. The van der Waals surface area contributed by atoms with Crippen LogP contribution >= 0.6 is 0 Å². The maximum absolute atomic E-state index is 12.8. The summed E-state index contributed by atoms with van der Waals surface area (Å²) in [6.45, 7) is 7.69. The number of rotatable bonds is 49. The third-order valence-electron chi connectivity index (χ3n) is 11.5. The molecule has 360 valence electrons. The van der Waals surface area contributed by atoms with Crippen LogP contribution in [0.5, 0.6) is 0 Å². The Labute approximate surface area is 385 Å². The predicted molar refractivity (Wildman–Crippen MR) is 270 cm³/mol. The molecule has 0 amide bonds. The van der Waals surface area contributed by atoms with E-state index in [-0.39, 0.29) is 25.2 Å². The van der Waals surface area contributed by atoms with Crippen LogP contribution in [0.2, 0.25) is 0 Å². The summed E-state index contributed by atoms with van der Waals surface area (Å²) in [6.07, 6.45) is 66.6. The van der Waals surface area contributed by atoms with E-state index in [1.54, 1.807) is 0 Å². The van der Waals surface area contributed by atoms with E-state index in [9.17, 15) is 9.59 Å². The van der Waals surface area contributed by atoms with Crippen LogP contribution in [0, 0.1) is 0 Å². The Kier molecular flexibility index (Phi) is 50.9. The molecule has 0 N–H and O–H groups in total. The predicted octanol–water partition coefficient (Wildman–Crippen LogP) is 18.1. The first-order valence-corrected chi connectivity index (χ1v) is 26.8. The fourth-order valence-corrected chi connectivity index (χ4v) is 7.56. The maximum atomic E-state index is 12.8. The summed E-state index contributed by atoms with van der Waals surface area (Å²) in [5.74, 6) is -0.423. The van der Waals surface area contributed by atoms with Crippen molar-refractivity contribution in [2.75, 3.05) is 19.8 Å². The Bertz CT molecular complexity index is 1070. The van der Waals surface area contributed by atoms with Crippen LogP contribution in [0.15, 0.2) is 60.8 Å². The standard InChI is InChI=1S/C57H102O5/c1-4-7-10-13-16-19-22-25-28-31-34-37-40-43-46-49-52-60-53-55(62-57(59)51-48-45-42-39-36-33-30-27-24-21-18-15-12-9-6-3)54-61-56(58)50-47-44-41-38-35-32-29-26-23-20-17-14-11-8-5-2/h8,11,17-18,20-21,26-27,29-30,55H,4-7,9-10,12-16,19,22-25,28,31-54H2,1-3H3/b11-8-,20-17-,21-18-,29-26-,30-27-/t55-/m1/s1. The Morgan fingerprint density at radius 2 is 0.726 bits per heavy atom. The molecule has 5 heteroatoms. The number of allylic oxidation sites excluding steroid dienone is 10. The topological polar surface area (TPSA) is 61.8 Å². The molecule has 0 aliphatic rings. The molecule has 62 heavy (non-hydrogen) atoms. The summed E-state index contributed by atoms with van der Waals surface area (Å²) in [7, 11) is 0. The summed E-state index contributed by atoms with van der Waals surface area (Å²) in [5, 5.41) is 0. The summed E-state index contributed by atoms with van der Waals surface area (Å²) in [5.41, 5.74) is 0. The number of hydrogen-bond acceptors (Lipinski definition) is 5. The number of unbranched alkanes of at least 4 members (excludes halogenated alkanes) is 28. The van der Waals surface area contributed by atoms with Gasteiger partial charge < -0.3 is 14.2 Å². The molecule has 0 aliphatic heterocycles. The molecule has 0 aliphatic carbocycles. The van der Waals surface area contributed by atoms with E-state index >= 15 is 0 Å². The van der Waals surface area contributed by atoms with E-state index in [0.29, 0.717) is 19.4 Å². The van der Waals surface area contributed by atoms with Crippen molar-refractivity contribution in [3.05, 3.63) is 60.8 Å². The number of esters is 2. The van der Waals surface area contributed by atoms with Crippen LogP contribution in [-0.4, -0.2) is 37.9 Å². The van der Waals surface area contributed by atoms with Crippen LogP contribution < -0.4 is 0 Å². The Hall–Kier alpha value is -2.40. The smallest absolute Gasteiger partial charge is 0.306 e. The molecule has 0 aromatic rings. The largest absolute Gasteiger partial charge is 0.462 e. The Balaban J connectivity index is 4.30. The molecule has 0 rings (SSSR count). The van der Waals surface area contributed by atoms with Crippen LogP contribution in [0.3, 0.4) is 0 Å². The van der Waals surface area contributed by atoms with Gasteiger partial charge in [0.15, 0.2) is 6.10 Å². The zero-order valence-corrected chi connectivity index (χ0v) is 41.4. The van der Waals surface area contributed by atoms with Gasteiger partial charge >= 0.3 is 11.9 Å². The summed E-state index contributed by atoms with van der Waals surface area (Å²) < 4.78 is 17.4. The Morgan fingerprint density at radius 3 is 1.19 bits per heavy atom. The zero-order chi connectivity index (χ0) is 44.9. The molecule has 0 radical (unpaired) electrons. The van der Waals surface area contributed by atoms with E-state index in [1.807, 2.05) is 0 Å². The monoisotopic (exact) mass is 867 g/mol. The highest BCUT2D eigenvalue weighted by Crippen LogP contribution is 2.15. The maximum Gasteiger partial charge on any atom is 0.306 e. The van der Waals surface area contributed by atoms with Gasteiger partial charge in [-0.25, -0.2) is 0 Å². The van der Waals surface area contributed by atoms with Crippen molar-refractivity contribution in [1.29, 1.82) is 0 Å². The molecular formula is C57H102O5. The second-order valence-corrected chi connectivity index (χ2v) is 17.8. The van der Waals surface area contributed by atoms with Gasteiger partial charge in [0.25, 0.3) is 0 Å². The molecule has 0 heterocycles. The molecule has 0 bridgehead atoms. The minimum atomic E-state index is -0.549. The molecule has 0 unspecified atom stereocenters. The lowest BCUT2D eigenvalue weighted by Gasteiger charge is -2.18. The highest BCUT2D eigenvalue weighted by atomic mass is 16.6. The van der Waals surface area contributed by atoms with Gasteiger partial charge in [0.1, 0.15) is 6.61 Å². The third kappa shape index (κ3) is 50.2. The average Bonchev–Trinajstić information content (AvgIpc) is 3.27. The quantitative estimate of drug-likeness (QED) is 0.0346. The number of carbonyl (C=O) groups is 2. The minimum absolute atomic E-state index is 0.0721. The molecule has 0 aromatic heterocycles. The van der Waals surface area contributed by atoms with Crippen molar-refractivity contribution in [1.82, 2.24) is 0 Å². The highest BCUT2D eigenvalue weighted by molar-refractivity contribution is 5.70. The van der Waals surface area contributed by atoms with E-state index in [2.05, 4.69) is 81.5 Å². The van der Waals surface area contributed by atoms with Crippen molar-refractivity contribution >= 4 is 11.9 Å². The number of hydrogen-bond donors (Lipinski definition) is 0. The molecule has 1 atom stereocenters. The van der Waals surface area contributed by atoms with Gasteiger partial charge in [0.05, 0.1) is 6.61 Å². The second-order valence-electron chi connectivity index (χ2n) is 17.8. The minimum Gasteiger partial charge on any atom is -0.462 e. The van der Waals surface area contributed by atoms with Gasteiger partial charge in [-0.05, 0) is 83.5 Å². The van der Waals surface area contributed by atoms with Crippen LogP contribution in [0.4, 0.5) is 0 Å². The van der Waals surface area contributed by atoms with E-state index < -0.39 is 6.10 Å². The van der Waals surface area contributed by atoms with Crippen LogP contribution in [0.25, 0.3) is 0 Å². The van der Waals surface area contributed by atoms with E-state index in [4.69, 9.17) is 14.2 Å². The zero-order valence-electron chi connectivity index (χ0n) is 41.4. The van der Waals surface area contributed by atoms with Crippen molar-refractivity contribution < 1.29 is 23.8 Å². The van der Waals surface area contributed by atoms with E-state index in [1.165, 1.54) is 141 Å². The first-order valence-electron chi connectivity index (χ1n) is 26.8. The average molecular weight is 867 g/mol. The molecular weight excluding hydrogens is 765 g/mol. The van der Waals surface area contributed by atoms with Gasteiger partial charge in [0.2, 0.25) is 0 Å². The van der Waals surface area contributed by atoms with Crippen LogP contribution in [0.1, 0.15) is 265 Å². The fraction of sp³-hybridized carbons (Fsp3) is 0.789.